The number of hydrogen-bond donors (Lipinski definition) is 5. The number of nitrogens with two attached hydrogens (primary N) is 4. The first-order chi connectivity index (χ1) is 19.1. The average Bonchev–Trinajstić information content (AvgIpc) is 3.59. The van der Waals surface area contributed by atoms with Crippen molar-refractivity contribution in [3.8, 4) is 11.1 Å². The fourth-order valence-corrected chi connectivity index (χ4v) is 5.17. The van der Waals surface area contributed by atoms with Gasteiger partial charge in [-0.15, -0.1) is 20.4 Å². The van der Waals surface area contributed by atoms with Crippen molar-refractivity contribution < 1.29 is 9.59 Å². The topological polar surface area (TPSA) is 227 Å². The van der Waals surface area contributed by atoms with Crippen LogP contribution in [0.15, 0.2) is 46.4 Å². The predicted octanol–water partition coefficient (Wildman–Crippen LogP) is 1.90. The van der Waals surface area contributed by atoms with Gasteiger partial charge in [0.25, 0.3) is 5.91 Å². The third-order valence-corrected chi connectivity index (χ3v) is 7.69. The van der Waals surface area contributed by atoms with Gasteiger partial charge in [-0.3, -0.25) is 9.59 Å². The van der Waals surface area contributed by atoms with E-state index in [0.29, 0.717) is 20.7 Å². The zero-order chi connectivity index (χ0) is 28.8. The Kier molecular flexibility index (Phi) is 8.76. The van der Waals surface area contributed by atoms with Gasteiger partial charge in [0.2, 0.25) is 5.01 Å². The van der Waals surface area contributed by atoms with Crippen LogP contribution in [0.4, 0.5) is 5.69 Å². The summed E-state index contributed by atoms with van der Waals surface area (Å²) in [6, 6.07) is 11.4. The minimum absolute atomic E-state index is 0.0525. The van der Waals surface area contributed by atoms with Crippen LogP contribution in [0.5, 0.6) is 0 Å². The minimum atomic E-state index is -0.388. The number of carbonyl (C=O) groups excluding carboxylic acids is 2. The van der Waals surface area contributed by atoms with E-state index in [-0.39, 0.29) is 48.1 Å². The number of aliphatic imine (C=N–C) groups is 2. The molecule has 9 N–H and O–H groups in total. The molecule has 0 radical (unpaired) electrons. The summed E-state index contributed by atoms with van der Waals surface area (Å²) in [4.78, 5) is 33.6. The summed E-state index contributed by atoms with van der Waals surface area (Å²) in [5.41, 5.74) is 26.6. The smallest absolute Gasteiger partial charge is 0.286 e. The number of anilines is 1. The van der Waals surface area contributed by atoms with Crippen molar-refractivity contribution in [2.45, 2.75) is 33.4 Å². The molecule has 40 heavy (non-hydrogen) atoms. The van der Waals surface area contributed by atoms with E-state index in [0.717, 1.165) is 39.2 Å². The Hall–Kier alpha value is -4.76. The van der Waals surface area contributed by atoms with E-state index in [1.165, 1.54) is 11.3 Å². The number of nitrogens with zero attached hydrogens (tertiary/aromatic N) is 6. The molecule has 1 amide bonds. The standard InChI is InChI=1S/C25H27N11O2S2/c1-12-14(9-18(37)22-35-33-19(39-22)10-30-24(26)27)5-3-6-15(12)16-7-4-8-17(13(16)2)32-21(38)23-36-34-20(40-23)11-31-25(28)29/h3-8H,9-11H2,1-2H3,(H,32,38)(H4,26,27,30)(H4,28,29,31). The lowest BCUT2D eigenvalue weighted by Crippen LogP contribution is -2.22. The zero-order valence-corrected chi connectivity index (χ0v) is 23.3. The molecule has 0 aliphatic carbocycles. The summed E-state index contributed by atoms with van der Waals surface area (Å²) < 4.78 is 0. The van der Waals surface area contributed by atoms with Crippen LogP contribution in [0, 0.1) is 13.8 Å². The summed E-state index contributed by atoms with van der Waals surface area (Å²) in [6.07, 6.45) is 0.158. The Balaban J connectivity index is 1.52. The van der Waals surface area contributed by atoms with Gasteiger partial charge in [0.15, 0.2) is 22.7 Å². The van der Waals surface area contributed by atoms with Crippen LogP contribution < -0.4 is 28.3 Å². The Morgan fingerprint density at radius 3 is 1.95 bits per heavy atom. The molecule has 0 unspecified atom stereocenters. The number of carbonyl (C=O) groups is 2. The van der Waals surface area contributed by atoms with E-state index in [1.54, 1.807) is 0 Å². The van der Waals surface area contributed by atoms with Crippen LogP contribution in [0.2, 0.25) is 0 Å². The van der Waals surface area contributed by atoms with Crippen molar-refractivity contribution in [2.75, 3.05) is 5.32 Å². The molecule has 4 rings (SSSR count). The maximum absolute atomic E-state index is 13.0. The Morgan fingerprint density at radius 1 is 0.775 bits per heavy atom. The third kappa shape index (κ3) is 6.81. The van der Waals surface area contributed by atoms with Crippen molar-refractivity contribution in [1.29, 1.82) is 0 Å². The maximum atomic E-state index is 13.0. The highest BCUT2D eigenvalue weighted by Gasteiger charge is 2.18. The maximum Gasteiger partial charge on any atom is 0.286 e. The largest absolute Gasteiger partial charge is 0.370 e. The molecule has 0 aliphatic rings. The van der Waals surface area contributed by atoms with Crippen molar-refractivity contribution in [1.82, 2.24) is 20.4 Å². The van der Waals surface area contributed by atoms with Gasteiger partial charge in [-0.1, -0.05) is 53.0 Å². The molecule has 2 aromatic carbocycles. The van der Waals surface area contributed by atoms with E-state index in [1.807, 2.05) is 50.2 Å². The van der Waals surface area contributed by atoms with E-state index in [2.05, 4.69) is 35.7 Å². The molecule has 0 spiro atoms. The lowest BCUT2D eigenvalue weighted by atomic mass is 9.91. The van der Waals surface area contributed by atoms with Gasteiger partial charge in [-0.05, 0) is 47.7 Å². The molecule has 0 saturated carbocycles. The van der Waals surface area contributed by atoms with Crippen LogP contribution in [0.25, 0.3) is 11.1 Å². The summed E-state index contributed by atoms with van der Waals surface area (Å²) >= 11 is 2.28. The Bertz CT molecular complexity index is 1500. The van der Waals surface area contributed by atoms with Gasteiger partial charge in [-0.2, -0.15) is 0 Å². The van der Waals surface area contributed by atoms with Gasteiger partial charge in [-0.25, -0.2) is 9.98 Å². The molecule has 2 aromatic heterocycles. The quantitative estimate of drug-likeness (QED) is 0.104. The van der Waals surface area contributed by atoms with E-state index >= 15 is 0 Å². The van der Waals surface area contributed by atoms with E-state index < -0.39 is 0 Å². The highest BCUT2D eigenvalue weighted by atomic mass is 32.1. The molecule has 2 heterocycles. The monoisotopic (exact) mass is 577 g/mol. The summed E-state index contributed by atoms with van der Waals surface area (Å²) in [5, 5.41) is 20.4. The highest BCUT2D eigenvalue weighted by Crippen LogP contribution is 2.33. The van der Waals surface area contributed by atoms with Crippen LogP contribution in [0.1, 0.15) is 46.3 Å². The fourth-order valence-electron chi connectivity index (χ4n) is 3.81. The lowest BCUT2D eigenvalue weighted by Gasteiger charge is -2.16. The van der Waals surface area contributed by atoms with Gasteiger partial charge < -0.3 is 28.3 Å². The number of rotatable bonds is 10. The van der Waals surface area contributed by atoms with Crippen LogP contribution in [-0.2, 0) is 19.5 Å². The highest BCUT2D eigenvalue weighted by molar-refractivity contribution is 7.13. The second-order valence-electron chi connectivity index (χ2n) is 8.61. The summed E-state index contributed by atoms with van der Waals surface area (Å²) in [7, 11) is 0. The average molecular weight is 578 g/mol. The number of benzene rings is 2. The first kappa shape index (κ1) is 28.3. The molecule has 0 aliphatic heterocycles. The normalized spacial score (nSPS) is 10.7. The minimum Gasteiger partial charge on any atom is -0.370 e. The Labute approximate surface area is 237 Å². The second kappa shape index (κ2) is 12.4. The molecule has 206 valence electrons. The number of Topliss-reactive ketones (excluding diaryl/α,β-unsaturated/α-hetero) is 1. The zero-order valence-electron chi connectivity index (χ0n) is 21.7. The van der Waals surface area contributed by atoms with Gasteiger partial charge in [0, 0.05) is 12.1 Å². The number of hydrogen-bond acceptors (Lipinski definition) is 10. The number of amides is 1. The molecule has 0 fully saturated rings. The SMILES string of the molecule is Cc1c(CC(=O)c2nnc(CN=C(N)N)s2)cccc1-c1cccc(NC(=O)c2nnc(CN=C(N)N)s2)c1C. The van der Waals surface area contributed by atoms with Crippen molar-refractivity contribution in [3.63, 3.8) is 0 Å². The van der Waals surface area contributed by atoms with Crippen LogP contribution >= 0.6 is 22.7 Å². The molecular weight excluding hydrogens is 550 g/mol. The third-order valence-electron chi connectivity index (χ3n) is 5.83. The molecule has 0 atom stereocenters. The molecule has 0 saturated heterocycles. The summed E-state index contributed by atoms with van der Waals surface area (Å²) in [5.74, 6) is -0.654. The van der Waals surface area contributed by atoms with E-state index in [4.69, 9.17) is 22.9 Å². The molecule has 15 heteroatoms. The van der Waals surface area contributed by atoms with Crippen molar-refractivity contribution >= 4 is 52.0 Å². The van der Waals surface area contributed by atoms with Crippen molar-refractivity contribution in [3.05, 3.63) is 73.1 Å². The van der Waals surface area contributed by atoms with Crippen LogP contribution in [-0.4, -0.2) is 44.0 Å². The van der Waals surface area contributed by atoms with Crippen molar-refractivity contribution in [2.24, 2.45) is 32.9 Å². The molecular formula is C25H27N11O2S2. The summed E-state index contributed by atoms with van der Waals surface area (Å²) in [6.45, 7) is 4.21. The predicted molar refractivity (Wildman–Crippen MR) is 156 cm³/mol. The number of aromatic nitrogens is 4. The lowest BCUT2D eigenvalue weighted by molar-refractivity contribution is 0.0989. The molecule has 0 bridgehead atoms. The van der Waals surface area contributed by atoms with Gasteiger partial charge in [0.05, 0.1) is 13.1 Å². The fraction of sp³-hybridized carbons (Fsp3) is 0.200. The second-order valence-corrected chi connectivity index (χ2v) is 10.7. The number of guanidine groups is 2. The Morgan fingerprint density at radius 2 is 1.32 bits per heavy atom. The van der Waals surface area contributed by atoms with Gasteiger partial charge in [0.1, 0.15) is 10.0 Å². The first-order valence-electron chi connectivity index (χ1n) is 11.9. The van der Waals surface area contributed by atoms with Crippen LogP contribution in [0.3, 0.4) is 0 Å². The number of nitrogens with one attached hydrogen (secondary N) is 1. The van der Waals surface area contributed by atoms with E-state index in [9.17, 15) is 9.59 Å². The first-order valence-corrected chi connectivity index (χ1v) is 13.5. The molecule has 4 aromatic rings. The van der Waals surface area contributed by atoms with Gasteiger partial charge >= 0.3 is 0 Å². The number of ketones is 1. The molecule has 13 nitrogen and oxygen atoms in total.